The van der Waals surface area contributed by atoms with Crippen LogP contribution in [-0.4, -0.2) is 19.9 Å². The normalized spacial score (nSPS) is 17.4. The first kappa shape index (κ1) is 15.6. The second-order valence-electron chi connectivity index (χ2n) is 5.02. The maximum Gasteiger partial charge on any atom is 0.262 e. The molecule has 0 unspecified atom stereocenters. The third kappa shape index (κ3) is 3.10. The van der Waals surface area contributed by atoms with Gasteiger partial charge in [0.25, 0.3) is 15.0 Å². The molecule has 0 aromatic heterocycles. The van der Waals surface area contributed by atoms with Crippen LogP contribution in [0.25, 0.3) is 0 Å². The summed E-state index contributed by atoms with van der Waals surface area (Å²) in [4.78, 5) is 12.0. The Bertz CT molecular complexity index is 634. The summed E-state index contributed by atoms with van der Waals surface area (Å²) in [5.41, 5.74) is 0.0878. The fourth-order valence-electron chi connectivity index (χ4n) is 2.31. The Morgan fingerprint density at radius 3 is 2.50 bits per heavy atom. The molecule has 0 bridgehead atoms. The third-order valence-corrected chi connectivity index (χ3v) is 5.63. The zero-order chi connectivity index (χ0) is 15.0. The molecule has 1 N–H and O–H groups in total. The number of benzene rings is 1. The van der Waals surface area contributed by atoms with Crippen LogP contribution in [0, 0.1) is 0 Å². The van der Waals surface area contributed by atoms with Gasteiger partial charge in [0.15, 0.2) is 0 Å². The van der Waals surface area contributed by atoms with Crippen LogP contribution in [-0.2, 0) is 9.05 Å². The summed E-state index contributed by atoms with van der Waals surface area (Å²) in [6, 6.07) is 4.07. The van der Waals surface area contributed by atoms with Crippen LogP contribution in [0.5, 0.6) is 0 Å². The first-order chi connectivity index (χ1) is 9.27. The molecule has 1 aliphatic carbocycles. The van der Waals surface area contributed by atoms with Crippen molar-refractivity contribution in [2.75, 3.05) is 0 Å². The van der Waals surface area contributed by atoms with Gasteiger partial charge in [-0.3, -0.25) is 4.79 Å². The van der Waals surface area contributed by atoms with Gasteiger partial charge in [-0.05, 0) is 43.9 Å². The van der Waals surface area contributed by atoms with Crippen LogP contribution < -0.4 is 5.32 Å². The lowest BCUT2D eigenvalue weighted by molar-refractivity contribution is 0.0820. The molecule has 110 valence electrons. The van der Waals surface area contributed by atoms with Crippen LogP contribution >= 0.6 is 22.3 Å². The number of rotatable bonds is 4. The first-order valence-corrected chi connectivity index (χ1v) is 9.03. The van der Waals surface area contributed by atoms with Gasteiger partial charge in [-0.1, -0.05) is 18.5 Å². The van der Waals surface area contributed by atoms with Crippen molar-refractivity contribution in [1.82, 2.24) is 5.32 Å². The van der Waals surface area contributed by atoms with Gasteiger partial charge in [0, 0.05) is 21.8 Å². The van der Waals surface area contributed by atoms with Crippen LogP contribution in [0.2, 0.25) is 5.02 Å². The quantitative estimate of drug-likeness (QED) is 0.858. The minimum absolute atomic E-state index is 0.00500. The van der Waals surface area contributed by atoms with Gasteiger partial charge in [-0.25, -0.2) is 8.42 Å². The average Bonchev–Trinajstić information content (AvgIpc) is 2.32. The maximum atomic E-state index is 12.2. The molecule has 0 heterocycles. The van der Waals surface area contributed by atoms with Crippen LogP contribution in [0.15, 0.2) is 23.1 Å². The van der Waals surface area contributed by atoms with Crippen molar-refractivity contribution in [1.29, 1.82) is 0 Å². The summed E-state index contributed by atoms with van der Waals surface area (Å²) < 4.78 is 22.8. The molecule has 0 aliphatic heterocycles. The van der Waals surface area contributed by atoms with Crippen molar-refractivity contribution in [2.24, 2.45) is 0 Å². The van der Waals surface area contributed by atoms with Crippen LogP contribution in [0.3, 0.4) is 0 Å². The highest BCUT2D eigenvalue weighted by molar-refractivity contribution is 8.13. The highest BCUT2D eigenvalue weighted by Gasteiger charge is 2.36. The van der Waals surface area contributed by atoms with Gasteiger partial charge >= 0.3 is 0 Å². The molecule has 2 rings (SSSR count). The molecule has 0 spiro atoms. The Hall–Kier alpha value is -0.780. The fourth-order valence-corrected chi connectivity index (χ4v) is 3.81. The lowest BCUT2D eigenvalue weighted by Crippen LogP contribution is -2.52. The maximum absolute atomic E-state index is 12.2. The van der Waals surface area contributed by atoms with E-state index in [0.29, 0.717) is 0 Å². The number of hydrogen-bond acceptors (Lipinski definition) is 3. The Morgan fingerprint density at radius 1 is 1.40 bits per heavy atom. The van der Waals surface area contributed by atoms with Crippen LogP contribution in [0.1, 0.15) is 43.0 Å². The minimum atomic E-state index is -3.97. The van der Waals surface area contributed by atoms with E-state index in [0.717, 1.165) is 25.7 Å². The lowest BCUT2D eigenvalue weighted by Gasteiger charge is -2.42. The number of carbonyl (C=O) groups is 1. The molecule has 1 aromatic carbocycles. The third-order valence-electron chi connectivity index (χ3n) is 3.82. The largest absolute Gasteiger partial charge is 0.347 e. The zero-order valence-electron chi connectivity index (χ0n) is 10.9. The molecule has 0 radical (unpaired) electrons. The highest BCUT2D eigenvalue weighted by Crippen LogP contribution is 2.35. The predicted molar refractivity (Wildman–Crippen MR) is 78.8 cm³/mol. The molecule has 0 saturated heterocycles. The van der Waals surface area contributed by atoms with E-state index in [9.17, 15) is 13.2 Å². The molecule has 1 fully saturated rings. The van der Waals surface area contributed by atoms with E-state index in [4.69, 9.17) is 22.3 Å². The second kappa shape index (κ2) is 5.54. The van der Waals surface area contributed by atoms with Gasteiger partial charge in [0.1, 0.15) is 4.90 Å². The predicted octanol–water partition coefficient (Wildman–Crippen LogP) is 3.33. The summed E-state index contributed by atoms with van der Waals surface area (Å²) in [6.45, 7) is 2.02. The molecule has 1 saturated carbocycles. The van der Waals surface area contributed by atoms with Crippen molar-refractivity contribution in [3.05, 3.63) is 28.8 Å². The average molecular weight is 336 g/mol. The monoisotopic (exact) mass is 335 g/mol. The number of amides is 1. The molecule has 20 heavy (non-hydrogen) atoms. The first-order valence-electron chi connectivity index (χ1n) is 6.34. The summed E-state index contributed by atoms with van der Waals surface area (Å²) in [7, 11) is 1.33. The van der Waals surface area contributed by atoms with Gasteiger partial charge in [0.2, 0.25) is 0 Å². The van der Waals surface area contributed by atoms with Gasteiger partial charge < -0.3 is 5.32 Å². The fraction of sp³-hybridized carbons (Fsp3) is 0.462. The number of halogens is 2. The molecule has 1 aliphatic rings. The Kier molecular flexibility index (Phi) is 4.33. The topological polar surface area (TPSA) is 63.2 Å². The van der Waals surface area contributed by atoms with E-state index < -0.39 is 9.05 Å². The summed E-state index contributed by atoms with van der Waals surface area (Å²) >= 11 is 5.79. The lowest BCUT2D eigenvalue weighted by atomic mass is 9.74. The molecule has 7 heteroatoms. The van der Waals surface area contributed by atoms with Crippen molar-refractivity contribution in [2.45, 2.75) is 43.0 Å². The van der Waals surface area contributed by atoms with Gasteiger partial charge in [-0.2, -0.15) is 0 Å². The van der Waals surface area contributed by atoms with Crippen molar-refractivity contribution < 1.29 is 13.2 Å². The molecule has 1 aromatic rings. The van der Waals surface area contributed by atoms with Gasteiger partial charge in [-0.15, -0.1) is 0 Å². The molecule has 4 nitrogen and oxygen atoms in total. The number of nitrogens with one attached hydrogen (secondary N) is 1. The zero-order valence-corrected chi connectivity index (χ0v) is 13.3. The summed E-state index contributed by atoms with van der Waals surface area (Å²) in [5, 5.41) is 2.98. The van der Waals surface area contributed by atoms with Crippen molar-refractivity contribution in [3.8, 4) is 0 Å². The van der Waals surface area contributed by atoms with Crippen molar-refractivity contribution >= 4 is 37.2 Å². The van der Waals surface area contributed by atoms with E-state index in [1.165, 1.54) is 18.2 Å². The number of carbonyl (C=O) groups excluding carboxylic acids is 1. The van der Waals surface area contributed by atoms with E-state index in [2.05, 4.69) is 5.32 Å². The highest BCUT2D eigenvalue weighted by atomic mass is 35.7. The molecular weight excluding hydrogens is 321 g/mol. The van der Waals surface area contributed by atoms with E-state index in [1.54, 1.807) is 0 Å². The van der Waals surface area contributed by atoms with E-state index >= 15 is 0 Å². The van der Waals surface area contributed by atoms with Gasteiger partial charge in [0.05, 0.1) is 5.02 Å². The van der Waals surface area contributed by atoms with Crippen LogP contribution in [0.4, 0.5) is 0 Å². The molecule has 0 atom stereocenters. The standard InChI is InChI=1S/C13H15Cl2NO3S/c1-2-13(6-3-7-13)16-12(17)9-4-5-10(14)11(8-9)20(15,18)19/h4-5,8H,2-3,6-7H2,1H3,(H,16,17). The summed E-state index contributed by atoms with van der Waals surface area (Å²) in [5.74, 6) is -0.301. The molecule has 1 amide bonds. The number of hydrogen-bond donors (Lipinski definition) is 1. The minimum Gasteiger partial charge on any atom is -0.347 e. The Morgan fingerprint density at radius 2 is 2.05 bits per heavy atom. The van der Waals surface area contributed by atoms with E-state index in [-0.39, 0.29) is 26.9 Å². The molecular formula is C13H15Cl2NO3S. The van der Waals surface area contributed by atoms with Crippen molar-refractivity contribution in [3.63, 3.8) is 0 Å². The Balaban J connectivity index is 2.27. The summed E-state index contributed by atoms with van der Waals surface area (Å²) in [6.07, 6.45) is 3.84. The Labute approximate surface area is 127 Å². The second-order valence-corrected chi connectivity index (χ2v) is 7.97. The SMILES string of the molecule is CCC1(NC(=O)c2ccc(Cl)c(S(=O)(=O)Cl)c2)CCC1. The van der Waals surface area contributed by atoms with E-state index in [1.807, 2.05) is 6.92 Å². The smallest absolute Gasteiger partial charge is 0.262 e.